The number of nitriles is 3. The van der Waals surface area contributed by atoms with Crippen LogP contribution in [0.25, 0.3) is 38.8 Å². The SMILES string of the molecule is N#Cc1cc(C#N)nc(-c2ccccc2-n2c3ccccc3c3cc(C#N)ccc32)c1. The molecule has 5 rings (SSSR count). The normalized spacial score (nSPS) is 10.5. The van der Waals surface area contributed by atoms with Crippen molar-refractivity contribution in [2.75, 3.05) is 0 Å². The zero-order chi connectivity index (χ0) is 21.4. The van der Waals surface area contributed by atoms with Gasteiger partial charge < -0.3 is 4.57 Å². The summed E-state index contributed by atoms with van der Waals surface area (Å²) in [7, 11) is 0. The molecule has 5 heteroatoms. The third kappa shape index (κ3) is 2.88. The van der Waals surface area contributed by atoms with E-state index >= 15 is 0 Å². The summed E-state index contributed by atoms with van der Waals surface area (Å²) < 4.78 is 2.13. The maximum absolute atomic E-state index is 9.40. The van der Waals surface area contributed by atoms with Gasteiger partial charge in [0.2, 0.25) is 0 Å². The van der Waals surface area contributed by atoms with E-state index in [4.69, 9.17) is 0 Å². The highest BCUT2D eigenvalue weighted by molar-refractivity contribution is 6.10. The Morgan fingerprint density at radius 3 is 2.19 bits per heavy atom. The van der Waals surface area contributed by atoms with Crippen molar-refractivity contribution in [1.29, 1.82) is 15.8 Å². The van der Waals surface area contributed by atoms with Crippen LogP contribution in [0.4, 0.5) is 0 Å². The molecule has 0 aliphatic carbocycles. The Balaban J connectivity index is 1.88. The predicted octanol–water partition coefficient (Wildman–Crippen LogP) is 5.46. The van der Waals surface area contributed by atoms with Crippen molar-refractivity contribution < 1.29 is 0 Å². The lowest BCUT2D eigenvalue weighted by atomic mass is 10.1. The van der Waals surface area contributed by atoms with E-state index < -0.39 is 0 Å². The predicted molar refractivity (Wildman–Crippen MR) is 118 cm³/mol. The molecule has 0 saturated carbocycles. The number of aromatic nitrogens is 2. The van der Waals surface area contributed by atoms with Crippen LogP contribution in [-0.4, -0.2) is 9.55 Å². The molecule has 2 aromatic heterocycles. The highest BCUT2D eigenvalue weighted by atomic mass is 15.0. The van der Waals surface area contributed by atoms with Crippen molar-refractivity contribution >= 4 is 21.8 Å². The Bertz CT molecular complexity index is 1590. The molecule has 0 aliphatic heterocycles. The molecule has 5 aromatic rings. The summed E-state index contributed by atoms with van der Waals surface area (Å²) >= 11 is 0. The molecule has 0 saturated heterocycles. The minimum absolute atomic E-state index is 0.199. The number of rotatable bonds is 2. The molecule has 31 heavy (non-hydrogen) atoms. The van der Waals surface area contributed by atoms with E-state index in [0.717, 1.165) is 33.1 Å². The summed E-state index contributed by atoms with van der Waals surface area (Å²) in [6.07, 6.45) is 0. The summed E-state index contributed by atoms with van der Waals surface area (Å²) in [6, 6.07) is 31.0. The zero-order valence-corrected chi connectivity index (χ0v) is 16.2. The van der Waals surface area contributed by atoms with Gasteiger partial charge in [0, 0.05) is 16.3 Å². The van der Waals surface area contributed by atoms with Crippen LogP contribution < -0.4 is 0 Å². The van der Waals surface area contributed by atoms with Crippen LogP contribution in [0.3, 0.4) is 0 Å². The molecule has 0 fully saturated rings. The Labute approximate surface area is 178 Å². The number of para-hydroxylation sites is 2. The molecule has 0 aliphatic rings. The lowest BCUT2D eigenvalue weighted by Crippen LogP contribution is -1.99. The molecule has 0 bridgehead atoms. The van der Waals surface area contributed by atoms with Gasteiger partial charge >= 0.3 is 0 Å². The lowest BCUT2D eigenvalue weighted by molar-refractivity contribution is 1.17. The molecule has 3 aromatic carbocycles. The van der Waals surface area contributed by atoms with E-state index in [1.807, 2.05) is 72.8 Å². The summed E-state index contributed by atoms with van der Waals surface area (Å²) in [5, 5.41) is 30.2. The van der Waals surface area contributed by atoms with E-state index in [9.17, 15) is 15.8 Å². The summed E-state index contributed by atoms with van der Waals surface area (Å²) in [4.78, 5) is 4.46. The minimum Gasteiger partial charge on any atom is -0.309 e. The second kappa shape index (κ2) is 7.16. The first-order chi connectivity index (χ1) is 15.2. The number of nitrogens with zero attached hydrogens (tertiary/aromatic N) is 5. The average molecular weight is 395 g/mol. The summed E-state index contributed by atoms with van der Waals surface area (Å²) in [5.41, 5.74) is 5.40. The van der Waals surface area contributed by atoms with Crippen LogP contribution in [0, 0.1) is 34.0 Å². The molecule has 0 N–H and O–H groups in total. The molecule has 5 nitrogen and oxygen atoms in total. The topological polar surface area (TPSA) is 89.2 Å². The zero-order valence-electron chi connectivity index (χ0n) is 16.2. The largest absolute Gasteiger partial charge is 0.309 e. The van der Waals surface area contributed by atoms with Crippen molar-refractivity contribution in [3.63, 3.8) is 0 Å². The van der Waals surface area contributed by atoms with Crippen molar-refractivity contribution in [2.45, 2.75) is 0 Å². The van der Waals surface area contributed by atoms with Gasteiger partial charge in [-0.3, -0.25) is 0 Å². The standard InChI is InChI=1S/C26H13N5/c27-14-17-9-10-26-22(12-17)20-5-1-3-7-24(20)31(26)25-8-4-2-6-21(25)23-13-18(15-28)11-19(16-29)30-23/h1-13H. The van der Waals surface area contributed by atoms with Crippen molar-refractivity contribution in [2.24, 2.45) is 0 Å². The van der Waals surface area contributed by atoms with Gasteiger partial charge in [-0.25, -0.2) is 4.98 Å². The molecular formula is C26H13N5. The van der Waals surface area contributed by atoms with Crippen LogP contribution in [-0.2, 0) is 0 Å². The highest BCUT2D eigenvalue weighted by Crippen LogP contribution is 2.36. The number of hydrogen-bond donors (Lipinski definition) is 0. The minimum atomic E-state index is 0.199. The fourth-order valence-electron chi connectivity index (χ4n) is 3.98. The van der Waals surface area contributed by atoms with Gasteiger partial charge in [-0.1, -0.05) is 36.4 Å². The quantitative estimate of drug-likeness (QED) is 0.397. The van der Waals surface area contributed by atoms with Crippen LogP contribution in [0.1, 0.15) is 16.8 Å². The van der Waals surface area contributed by atoms with E-state index in [2.05, 4.69) is 21.7 Å². The van der Waals surface area contributed by atoms with Gasteiger partial charge in [0.05, 0.1) is 45.7 Å². The summed E-state index contributed by atoms with van der Waals surface area (Å²) in [5.74, 6) is 0. The third-order valence-electron chi connectivity index (χ3n) is 5.29. The van der Waals surface area contributed by atoms with Gasteiger partial charge in [-0.05, 0) is 42.5 Å². The van der Waals surface area contributed by atoms with Crippen molar-refractivity contribution in [3.8, 4) is 35.2 Å². The van der Waals surface area contributed by atoms with Crippen molar-refractivity contribution in [3.05, 3.63) is 95.7 Å². The van der Waals surface area contributed by atoms with E-state index in [1.165, 1.54) is 6.07 Å². The molecule has 2 heterocycles. The fourth-order valence-corrected chi connectivity index (χ4v) is 3.98. The van der Waals surface area contributed by atoms with Crippen LogP contribution >= 0.6 is 0 Å². The first-order valence-electron chi connectivity index (χ1n) is 9.59. The Hall–Kier alpha value is -4.92. The smallest absolute Gasteiger partial charge is 0.142 e. The molecule has 142 valence electrons. The number of benzene rings is 3. The van der Waals surface area contributed by atoms with Crippen LogP contribution in [0.5, 0.6) is 0 Å². The maximum Gasteiger partial charge on any atom is 0.142 e. The monoisotopic (exact) mass is 395 g/mol. The molecule has 0 atom stereocenters. The third-order valence-corrected chi connectivity index (χ3v) is 5.29. The molecule has 0 amide bonds. The first kappa shape index (κ1) is 18.1. The first-order valence-corrected chi connectivity index (χ1v) is 9.59. The van der Waals surface area contributed by atoms with Crippen LogP contribution in [0.15, 0.2) is 78.9 Å². The number of hydrogen-bond acceptors (Lipinski definition) is 4. The Kier molecular flexibility index (Phi) is 4.19. The molecule has 0 radical (unpaired) electrons. The number of pyridine rings is 1. The maximum atomic E-state index is 9.40. The number of fused-ring (bicyclic) bond motifs is 3. The Morgan fingerprint density at radius 2 is 1.39 bits per heavy atom. The average Bonchev–Trinajstić information content (AvgIpc) is 3.17. The van der Waals surface area contributed by atoms with Gasteiger partial charge in [-0.15, -0.1) is 0 Å². The van der Waals surface area contributed by atoms with Gasteiger partial charge in [-0.2, -0.15) is 15.8 Å². The van der Waals surface area contributed by atoms with Gasteiger partial charge in [0.1, 0.15) is 11.8 Å². The second-order valence-corrected chi connectivity index (χ2v) is 7.06. The second-order valence-electron chi connectivity index (χ2n) is 7.06. The molecule has 0 spiro atoms. The fraction of sp³-hybridized carbons (Fsp3) is 0. The summed E-state index contributed by atoms with van der Waals surface area (Å²) in [6.45, 7) is 0. The van der Waals surface area contributed by atoms with E-state index in [1.54, 1.807) is 6.07 Å². The van der Waals surface area contributed by atoms with E-state index in [-0.39, 0.29) is 5.69 Å². The van der Waals surface area contributed by atoms with Gasteiger partial charge in [0.15, 0.2) is 0 Å². The van der Waals surface area contributed by atoms with Crippen LogP contribution in [0.2, 0.25) is 0 Å². The Morgan fingerprint density at radius 1 is 0.645 bits per heavy atom. The molecule has 0 unspecified atom stereocenters. The highest BCUT2D eigenvalue weighted by Gasteiger charge is 2.17. The lowest BCUT2D eigenvalue weighted by Gasteiger charge is -2.13. The van der Waals surface area contributed by atoms with Crippen molar-refractivity contribution in [1.82, 2.24) is 9.55 Å². The molecular weight excluding hydrogens is 382 g/mol. The van der Waals surface area contributed by atoms with Gasteiger partial charge in [0.25, 0.3) is 0 Å². The van der Waals surface area contributed by atoms with E-state index in [0.29, 0.717) is 16.8 Å².